The molecule has 1 fully saturated rings. The minimum Gasteiger partial charge on any atom is -0.493 e. The Morgan fingerprint density at radius 3 is 2.52 bits per heavy atom. The van der Waals surface area contributed by atoms with Crippen LogP contribution in [0.3, 0.4) is 0 Å². The molecule has 1 aliphatic heterocycles. The molecule has 0 radical (unpaired) electrons. The smallest absolute Gasteiger partial charge is 0.224 e. The predicted molar refractivity (Wildman–Crippen MR) is 113 cm³/mol. The maximum absolute atomic E-state index is 6.03. The minimum atomic E-state index is 0.408. The lowest BCUT2D eigenvalue weighted by Crippen LogP contribution is -2.44. The molecule has 7 nitrogen and oxygen atoms in total. The summed E-state index contributed by atoms with van der Waals surface area (Å²) in [4.78, 5) is 11.0. The highest BCUT2D eigenvalue weighted by atomic mass is 16.5. The van der Waals surface area contributed by atoms with Crippen molar-refractivity contribution in [3.05, 3.63) is 18.5 Å². The van der Waals surface area contributed by atoms with Crippen LogP contribution in [0.1, 0.15) is 33.1 Å². The molecule has 0 bridgehead atoms. The summed E-state index contributed by atoms with van der Waals surface area (Å²) in [5.74, 6) is 1.88. The van der Waals surface area contributed by atoms with Crippen molar-refractivity contribution >= 4 is 10.9 Å². The zero-order valence-corrected chi connectivity index (χ0v) is 18.1. The highest BCUT2D eigenvalue weighted by molar-refractivity contribution is 5.86. The number of hydrogen-bond acceptors (Lipinski definition) is 7. The number of rotatable bonds is 12. The molecule has 1 saturated heterocycles. The molecule has 1 aromatic carbocycles. The van der Waals surface area contributed by atoms with Crippen molar-refractivity contribution in [3.8, 4) is 17.4 Å². The quantitative estimate of drug-likeness (QED) is 0.502. The molecule has 2 heterocycles. The summed E-state index contributed by atoms with van der Waals surface area (Å²) < 4.78 is 22.3. The van der Waals surface area contributed by atoms with Gasteiger partial charge in [-0.2, -0.15) is 0 Å². The van der Waals surface area contributed by atoms with E-state index < -0.39 is 0 Å². The summed E-state index contributed by atoms with van der Waals surface area (Å²) in [7, 11) is 3.23. The number of aromatic nitrogens is 2. The second-order valence-electron chi connectivity index (χ2n) is 7.64. The van der Waals surface area contributed by atoms with E-state index in [2.05, 4.69) is 28.7 Å². The standard InChI is InChI=1S/C22H33N3O4/c1-5-22(14-28-15-22)8-10-25(6-2)9-7-11-29-20-13-18-17(12-19(20)26-3)21(27-4)24-16-23-18/h12-13,16H,5-11,14-15H2,1-4H3. The van der Waals surface area contributed by atoms with Crippen molar-refractivity contribution in [1.29, 1.82) is 0 Å². The fourth-order valence-electron chi connectivity index (χ4n) is 3.68. The van der Waals surface area contributed by atoms with Gasteiger partial charge in [-0.25, -0.2) is 9.97 Å². The van der Waals surface area contributed by atoms with E-state index in [9.17, 15) is 0 Å². The van der Waals surface area contributed by atoms with Crippen LogP contribution < -0.4 is 14.2 Å². The maximum atomic E-state index is 6.03. The molecule has 160 valence electrons. The maximum Gasteiger partial charge on any atom is 0.224 e. The topological polar surface area (TPSA) is 65.9 Å². The zero-order chi connectivity index (χ0) is 20.7. The Labute approximate surface area is 173 Å². The molecule has 0 atom stereocenters. The van der Waals surface area contributed by atoms with Crippen LogP contribution in [-0.2, 0) is 4.74 Å². The molecule has 3 rings (SSSR count). The van der Waals surface area contributed by atoms with Gasteiger partial charge in [0.25, 0.3) is 0 Å². The molecular formula is C22H33N3O4. The molecule has 0 spiro atoms. The normalized spacial score (nSPS) is 15.3. The summed E-state index contributed by atoms with van der Waals surface area (Å²) in [5, 5.41) is 0.807. The van der Waals surface area contributed by atoms with Gasteiger partial charge in [0.05, 0.1) is 44.9 Å². The SMILES string of the molecule is CCN(CCCOc1cc2ncnc(OC)c2cc1OC)CCC1(CC)COC1. The van der Waals surface area contributed by atoms with Crippen LogP contribution in [0.2, 0.25) is 0 Å². The van der Waals surface area contributed by atoms with Crippen LogP contribution in [0.15, 0.2) is 18.5 Å². The molecule has 1 aliphatic rings. The van der Waals surface area contributed by atoms with Crippen LogP contribution in [0.4, 0.5) is 0 Å². The van der Waals surface area contributed by atoms with Gasteiger partial charge < -0.3 is 23.8 Å². The van der Waals surface area contributed by atoms with E-state index in [1.54, 1.807) is 14.2 Å². The highest BCUT2D eigenvalue weighted by Crippen LogP contribution is 2.35. The first-order valence-electron chi connectivity index (χ1n) is 10.4. The van der Waals surface area contributed by atoms with Crippen molar-refractivity contribution in [2.75, 3.05) is 53.7 Å². The van der Waals surface area contributed by atoms with E-state index in [1.807, 2.05) is 12.1 Å². The van der Waals surface area contributed by atoms with Gasteiger partial charge in [0, 0.05) is 18.0 Å². The van der Waals surface area contributed by atoms with Gasteiger partial charge >= 0.3 is 0 Å². The number of hydrogen-bond donors (Lipinski definition) is 0. The summed E-state index contributed by atoms with van der Waals surface area (Å²) in [6, 6.07) is 3.75. The van der Waals surface area contributed by atoms with E-state index in [-0.39, 0.29) is 0 Å². The van der Waals surface area contributed by atoms with Gasteiger partial charge in [-0.1, -0.05) is 13.8 Å². The molecule has 0 N–H and O–H groups in total. The molecule has 2 aromatic rings. The molecule has 0 amide bonds. The third-order valence-electron chi connectivity index (χ3n) is 5.93. The average molecular weight is 404 g/mol. The second-order valence-corrected chi connectivity index (χ2v) is 7.64. The number of benzene rings is 1. The predicted octanol–water partition coefficient (Wildman–Crippen LogP) is 3.55. The summed E-state index contributed by atoms with van der Waals surface area (Å²) in [5.41, 5.74) is 1.18. The van der Waals surface area contributed by atoms with Crippen LogP contribution in [0, 0.1) is 5.41 Å². The van der Waals surface area contributed by atoms with Crippen LogP contribution in [0.25, 0.3) is 10.9 Å². The van der Waals surface area contributed by atoms with Gasteiger partial charge in [0.1, 0.15) is 6.33 Å². The molecule has 1 aromatic heterocycles. The van der Waals surface area contributed by atoms with Crippen molar-refractivity contribution in [2.45, 2.75) is 33.1 Å². The van der Waals surface area contributed by atoms with Gasteiger partial charge in [0.15, 0.2) is 11.5 Å². The van der Waals surface area contributed by atoms with E-state index >= 15 is 0 Å². The number of nitrogens with zero attached hydrogens (tertiary/aromatic N) is 3. The Balaban J connectivity index is 1.53. The second kappa shape index (κ2) is 10.1. The number of fused-ring (bicyclic) bond motifs is 1. The molecule has 0 unspecified atom stereocenters. The van der Waals surface area contributed by atoms with E-state index in [1.165, 1.54) is 19.2 Å². The Bertz CT molecular complexity index is 789. The van der Waals surface area contributed by atoms with Gasteiger partial charge in [-0.3, -0.25) is 0 Å². The average Bonchev–Trinajstić information content (AvgIpc) is 2.73. The summed E-state index contributed by atoms with van der Waals surface area (Å²) in [6.07, 6.45) is 4.85. The first-order valence-corrected chi connectivity index (χ1v) is 10.4. The summed E-state index contributed by atoms with van der Waals surface area (Å²) >= 11 is 0. The van der Waals surface area contributed by atoms with Crippen LogP contribution in [-0.4, -0.2) is 68.5 Å². The Morgan fingerprint density at radius 1 is 1.07 bits per heavy atom. The fourth-order valence-corrected chi connectivity index (χ4v) is 3.68. The first-order chi connectivity index (χ1) is 14.1. The van der Waals surface area contributed by atoms with Crippen LogP contribution in [0.5, 0.6) is 17.4 Å². The lowest BCUT2D eigenvalue weighted by molar-refractivity contribution is -0.122. The van der Waals surface area contributed by atoms with Crippen molar-refractivity contribution in [1.82, 2.24) is 14.9 Å². The number of ether oxygens (including phenoxy) is 4. The van der Waals surface area contributed by atoms with Crippen molar-refractivity contribution in [3.63, 3.8) is 0 Å². The largest absolute Gasteiger partial charge is 0.493 e. The van der Waals surface area contributed by atoms with E-state index in [0.717, 1.165) is 50.2 Å². The van der Waals surface area contributed by atoms with Crippen molar-refractivity contribution in [2.24, 2.45) is 5.41 Å². The lowest BCUT2D eigenvalue weighted by Gasteiger charge is -2.42. The molecular weight excluding hydrogens is 370 g/mol. The third-order valence-corrected chi connectivity index (χ3v) is 5.93. The molecule has 0 saturated carbocycles. The van der Waals surface area contributed by atoms with E-state index in [0.29, 0.717) is 29.4 Å². The highest BCUT2D eigenvalue weighted by Gasteiger charge is 2.36. The van der Waals surface area contributed by atoms with Crippen molar-refractivity contribution < 1.29 is 18.9 Å². The number of methoxy groups -OCH3 is 2. The Morgan fingerprint density at radius 2 is 1.90 bits per heavy atom. The van der Waals surface area contributed by atoms with Gasteiger partial charge in [-0.15, -0.1) is 0 Å². The fraction of sp³-hybridized carbons (Fsp3) is 0.636. The summed E-state index contributed by atoms with van der Waals surface area (Å²) in [6.45, 7) is 10.1. The Hall–Kier alpha value is -2.12. The van der Waals surface area contributed by atoms with Crippen LogP contribution >= 0.6 is 0 Å². The third kappa shape index (κ3) is 5.08. The monoisotopic (exact) mass is 403 g/mol. The minimum absolute atomic E-state index is 0.408. The molecule has 29 heavy (non-hydrogen) atoms. The Kier molecular flexibility index (Phi) is 7.50. The van der Waals surface area contributed by atoms with E-state index in [4.69, 9.17) is 18.9 Å². The lowest BCUT2D eigenvalue weighted by atomic mass is 9.80. The molecule has 0 aliphatic carbocycles. The molecule has 7 heteroatoms. The van der Waals surface area contributed by atoms with Gasteiger partial charge in [-0.05, 0) is 38.4 Å². The van der Waals surface area contributed by atoms with Gasteiger partial charge in [0.2, 0.25) is 5.88 Å². The first kappa shape index (κ1) is 21.6. The zero-order valence-electron chi connectivity index (χ0n) is 18.1.